The zero-order chi connectivity index (χ0) is 9.84. The molecular weight excluding hydrogens is 173 g/mol. The van der Waals surface area contributed by atoms with E-state index >= 15 is 0 Å². The highest BCUT2D eigenvalue weighted by atomic mass is 19.1. The van der Waals surface area contributed by atoms with Gasteiger partial charge in [-0.15, -0.1) is 0 Å². The number of amides is 1. The van der Waals surface area contributed by atoms with Crippen LogP contribution in [0.15, 0.2) is 24.3 Å². The van der Waals surface area contributed by atoms with Gasteiger partial charge in [-0.2, -0.15) is 0 Å². The lowest BCUT2D eigenvalue weighted by Crippen LogP contribution is -2.05. The summed E-state index contributed by atoms with van der Waals surface area (Å²) in [5.74, 6) is -1.74. The average Bonchev–Trinajstić information content (AvgIpc) is 2.07. The first-order valence-corrected chi connectivity index (χ1v) is 3.55. The number of benzene rings is 1. The summed E-state index contributed by atoms with van der Waals surface area (Å²) < 4.78 is 12.5. The van der Waals surface area contributed by atoms with Crippen LogP contribution in [0.25, 0.3) is 6.08 Å². The number of primary amides is 1. The van der Waals surface area contributed by atoms with Crippen molar-refractivity contribution in [1.29, 1.82) is 0 Å². The lowest BCUT2D eigenvalue weighted by Gasteiger charge is -1.95. The third-order valence-electron chi connectivity index (χ3n) is 1.41. The minimum atomic E-state index is -0.698. The Morgan fingerprint density at radius 1 is 1.54 bits per heavy atom. The molecule has 1 aromatic rings. The number of carbonyl (C=O) groups excluding carboxylic acids is 1. The predicted octanol–water partition coefficient (Wildman–Crippen LogP) is 1.03. The number of nitrogens with two attached hydrogens (primary N) is 1. The van der Waals surface area contributed by atoms with Crippen molar-refractivity contribution in [2.24, 2.45) is 5.73 Å². The van der Waals surface area contributed by atoms with E-state index in [1.807, 2.05) is 0 Å². The third kappa shape index (κ3) is 2.59. The maximum Gasteiger partial charge on any atom is 0.241 e. The summed E-state index contributed by atoms with van der Waals surface area (Å²) in [5.41, 5.74) is 5.36. The minimum Gasteiger partial charge on any atom is -0.505 e. The molecule has 0 saturated carbocycles. The van der Waals surface area contributed by atoms with E-state index in [2.05, 4.69) is 0 Å². The second-order valence-electron chi connectivity index (χ2n) is 2.45. The molecule has 0 aromatic heterocycles. The van der Waals surface area contributed by atoms with Crippen molar-refractivity contribution in [3.63, 3.8) is 0 Å². The second-order valence-corrected chi connectivity index (χ2v) is 2.45. The van der Waals surface area contributed by atoms with Crippen LogP contribution in [0.2, 0.25) is 0 Å². The van der Waals surface area contributed by atoms with E-state index in [4.69, 9.17) is 10.8 Å². The normalized spacial score (nSPS) is 10.5. The highest BCUT2D eigenvalue weighted by molar-refractivity contribution is 5.90. The van der Waals surface area contributed by atoms with Gasteiger partial charge < -0.3 is 10.8 Å². The molecule has 4 heteroatoms. The maximum atomic E-state index is 12.5. The molecule has 0 bridgehead atoms. The first kappa shape index (κ1) is 9.25. The Morgan fingerprint density at radius 3 is 2.77 bits per heavy atom. The summed E-state index contributed by atoms with van der Waals surface area (Å²) in [7, 11) is 0. The molecule has 1 amide bonds. The van der Waals surface area contributed by atoms with Crippen molar-refractivity contribution in [2.45, 2.75) is 0 Å². The molecule has 1 aromatic carbocycles. The van der Waals surface area contributed by atoms with Crippen LogP contribution in [0.5, 0.6) is 5.75 Å². The van der Waals surface area contributed by atoms with Crippen molar-refractivity contribution in [3.05, 3.63) is 35.7 Å². The van der Waals surface area contributed by atoms with Gasteiger partial charge in [0, 0.05) is 6.08 Å². The second kappa shape index (κ2) is 3.71. The monoisotopic (exact) mass is 181 g/mol. The van der Waals surface area contributed by atoms with Gasteiger partial charge >= 0.3 is 0 Å². The van der Waals surface area contributed by atoms with Crippen LogP contribution >= 0.6 is 0 Å². The van der Waals surface area contributed by atoms with Crippen LogP contribution in [0.1, 0.15) is 5.56 Å². The SMILES string of the molecule is NC(=O)/C=C/c1ccc(F)c(O)c1. The molecule has 0 aliphatic rings. The summed E-state index contributed by atoms with van der Waals surface area (Å²) in [6, 6.07) is 3.74. The zero-order valence-electron chi connectivity index (χ0n) is 6.70. The van der Waals surface area contributed by atoms with Crippen molar-refractivity contribution in [3.8, 4) is 5.75 Å². The number of aromatic hydroxyl groups is 1. The Hall–Kier alpha value is -1.84. The van der Waals surface area contributed by atoms with Crippen molar-refractivity contribution < 1.29 is 14.3 Å². The standard InChI is InChI=1S/C9H8FNO2/c10-7-3-1-6(5-8(7)12)2-4-9(11)13/h1-5,12H,(H2,11,13)/b4-2+. The van der Waals surface area contributed by atoms with E-state index in [0.29, 0.717) is 5.56 Å². The number of rotatable bonds is 2. The summed E-state index contributed by atoms with van der Waals surface area (Å²) in [6.07, 6.45) is 2.52. The molecule has 0 aliphatic heterocycles. The molecule has 0 atom stereocenters. The molecule has 13 heavy (non-hydrogen) atoms. The lowest BCUT2D eigenvalue weighted by molar-refractivity contribution is -0.113. The fourth-order valence-corrected chi connectivity index (χ4v) is 0.812. The summed E-state index contributed by atoms with van der Waals surface area (Å²) in [4.78, 5) is 10.3. The number of hydrogen-bond acceptors (Lipinski definition) is 2. The largest absolute Gasteiger partial charge is 0.505 e. The molecule has 0 fully saturated rings. The topological polar surface area (TPSA) is 63.3 Å². The minimum absolute atomic E-state index is 0.452. The van der Waals surface area contributed by atoms with E-state index in [-0.39, 0.29) is 0 Å². The van der Waals surface area contributed by atoms with Gasteiger partial charge in [0.15, 0.2) is 11.6 Å². The molecular formula is C9H8FNO2. The van der Waals surface area contributed by atoms with Gasteiger partial charge in [-0.1, -0.05) is 6.07 Å². The zero-order valence-corrected chi connectivity index (χ0v) is 6.70. The Morgan fingerprint density at radius 2 is 2.23 bits per heavy atom. The van der Waals surface area contributed by atoms with Crippen LogP contribution in [-0.4, -0.2) is 11.0 Å². The molecule has 68 valence electrons. The molecule has 0 saturated heterocycles. The van der Waals surface area contributed by atoms with Gasteiger partial charge in [0.1, 0.15) is 0 Å². The molecule has 0 radical (unpaired) electrons. The number of phenolic OH excluding ortho intramolecular Hbond substituents is 1. The van der Waals surface area contributed by atoms with E-state index in [9.17, 15) is 9.18 Å². The van der Waals surface area contributed by atoms with Crippen LogP contribution in [-0.2, 0) is 4.79 Å². The van der Waals surface area contributed by atoms with Crippen LogP contribution < -0.4 is 5.73 Å². The van der Waals surface area contributed by atoms with E-state index in [1.54, 1.807) is 0 Å². The first-order chi connectivity index (χ1) is 6.09. The molecule has 3 N–H and O–H groups in total. The lowest BCUT2D eigenvalue weighted by atomic mass is 10.2. The van der Waals surface area contributed by atoms with Crippen LogP contribution in [0.4, 0.5) is 4.39 Å². The Kier molecular flexibility index (Phi) is 2.64. The van der Waals surface area contributed by atoms with Crippen LogP contribution in [0, 0.1) is 5.82 Å². The fraction of sp³-hybridized carbons (Fsp3) is 0. The highest BCUT2D eigenvalue weighted by Gasteiger charge is 1.98. The third-order valence-corrected chi connectivity index (χ3v) is 1.41. The van der Waals surface area contributed by atoms with Gasteiger partial charge in [-0.3, -0.25) is 4.79 Å². The number of hydrogen-bond donors (Lipinski definition) is 2. The van der Waals surface area contributed by atoms with Crippen molar-refractivity contribution >= 4 is 12.0 Å². The Balaban J connectivity index is 2.92. The highest BCUT2D eigenvalue weighted by Crippen LogP contribution is 2.17. The molecule has 0 aliphatic carbocycles. The van der Waals surface area contributed by atoms with Gasteiger partial charge in [0.05, 0.1) is 0 Å². The molecule has 0 unspecified atom stereocenters. The summed E-state index contributed by atoms with van der Waals surface area (Å²) in [5, 5.41) is 8.94. The average molecular weight is 181 g/mol. The van der Waals surface area contributed by atoms with E-state index < -0.39 is 17.5 Å². The molecule has 0 spiro atoms. The first-order valence-electron chi connectivity index (χ1n) is 3.55. The number of carbonyl (C=O) groups is 1. The van der Waals surface area contributed by atoms with E-state index in [0.717, 1.165) is 12.1 Å². The number of halogens is 1. The van der Waals surface area contributed by atoms with Crippen LogP contribution in [0.3, 0.4) is 0 Å². The van der Waals surface area contributed by atoms with Crippen molar-refractivity contribution in [1.82, 2.24) is 0 Å². The number of phenols is 1. The van der Waals surface area contributed by atoms with Crippen molar-refractivity contribution in [2.75, 3.05) is 0 Å². The predicted molar refractivity (Wildman–Crippen MR) is 46.3 cm³/mol. The summed E-state index contributed by atoms with van der Waals surface area (Å²) in [6.45, 7) is 0. The summed E-state index contributed by atoms with van der Waals surface area (Å²) >= 11 is 0. The van der Waals surface area contributed by atoms with Gasteiger partial charge in [0.25, 0.3) is 0 Å². The fourth-order valence-electron chi connectivity index (χ4n) is 0.812. The smallest absolute Gasteiger partial charge is 0.241 e. The van der Waals surface area contributed by atoms with Gasteiger partial charge in [-0.25, -0.2) is 4.39 Å². The van der Waals surface area contributed by atoms with Gasteiger partial charge in [-0.05, 0) is 23.8 Å². The molecule has 1 rings (SSSR count). The van der Waals surface area contributed by atoms with Gasteiger partial charge in [0.2, 0.25) is 5.91 Å². The quantitative estimate of drug-likeness (QED) is 0.669. The Bertz CT molecular complexity index is 361. The van der Waals surface area contributed by atoms with E-state index in [1.165, 1.54) is 18.2 Å². The molecule has 3 nitrogen and oxygen atoms in total. The molecule has 0 heterocycles. The maximum absolute atomic E-state index is 12.5. The Labute approximate surface area is 74.3 Å².